The van der Waals surface area contributed by atoms with E-state index in [1.807, 2.05) is 19.1 Å². The Bertz CT molecular complexity index is 417. The van der Waals surface area contributed by atoms with E-state index in [2.05, 4.69) is 25.3 Å². The molecule has 0 aliphatic carbocycles. The molecule has 0 radical (unpaired) electrons. The van der Waals surface area contributed by atoms with Gasteiger partial charge in [-0.05, 0) is 33.3 Å². The Hall–Kier alpha value is -1.19. The molecule has 19 heavy (non-hydrogen) atoms. The molecule has 0 fully saturated rings. The number of hydrogen-bond donors (Lipinski definition) is 2. The minimum absolute atomic E-state index is 0. The normalized spacial score (nSPS) is 11.6. The molecular formula is C15H25ClN2O. The van der Waals surface area contributed by atoms with E-state index in [9.17, 15) is 5.11 Å². The molecule has 0 bridgehead atoms. The van der Waals surface area contributed by atoms with Gasteiger partial charge in [-0.3, -0.25) is 0 Å². The van der Waals surface area contributed by atoms with Gasteiger partial charge in [-0.15, -0.1) is 19.0 Å². The molecule has 4 heteroatoms. The van der Waals surface area contributed by atoms with Crippen LogP contribution in [0.4, 0.5) is 5.69 Å². The Morgan fingerprint density at radius 2 is 1.95 bits per heavy atom. The van der Waals surface area contributed by atoms with Crippen LogP contribution >= 0.6 is 12.4 Å². The van der Waals surface area contributed by atoms with Gasteiger partial charge in [0.15, 0.2) is 0 Å². The molecule has 0 amide bonds. The Balaban J connectivity index is 0.00000324. The summed E-state index contributed by atoms with van der Waals surface area (Å²) >= 11 is 0. The Kier molecular flexibility index (Phi) is 7.57. The molecule has 108 valence electrons. The summed E-state index contributed by atoms with van der Waals surface area (Å²) in [7, 11) is 0. The third kappa shape index (κ3) is 4.77. The highest BCUT2D eigenvalue weighted by Gasteiger charge is 2.12. The van der Waals surface area contributed by atoms with Crippen LogP contribution in [-0.4, -0.2) is 18.2 Å². The summed E-state index contributed by atoms with van der Waals surface area (Å²) in [5.74, 6) is 0.271. The molecule has 0 aromatic heterocycles. The van der Waals surface area contributed by atoms with Gasteiger partial charge in [0.25, 0.3) is 0 Å². The Labute approximate surface area is 122 Å². The number of phenolic OH excluding ortho intramolecular Hbond substituents is 1. The Morgan fingerprint density at radius 3 is 2.37 bits per heavy atom. The largest absolute Gasteiger partial charge is 0.508 e. The second-order valence-corrected chi connectivity index (χ2v) is 4.68. The average molecular weight is 285 g/mol. The first-order chi connectivity index (χ1) is 8.49. The van der Waals surface area contributed by atoms with Crippen molar-refractivity contribution in [3.05, 3.63) is 35.9 Å². The van der Waals surface area contributed by atoms with E-state index in [1.54, 1.807) is 6.07 Å². The van der Waals surface area contributed by atoms with Gasteiger partial charge in [-0.2, -0.15) is 0 Å². The van der Waals surface area contributed by atoms with E-state index >= 15 is 0 Å². The first kappa shape index (κ1) is 17.8. The van der Waals surface area contributed by atoms with Crippen LogP contribution in [0.15, 0.2) is 30.4 Å². The van der Waals surface area contributed by atoms with Crippen LogP contribution in [-0.2, 0) is 0 Å². The number of benzene rings is 1. The Morgan fingerprint density at radius 1 is 1.37 bits per heavy atom. The van der Waals surface area contributed by atoms with Gasteiger partial charge in [0.05, 0.1) is 0 Å². The fourth-order valence-electron chi connectivity index (χ4n) is 2.12. The molecule has 0 unspecified atom stereocenters. The predicted molar refractivity (Wildman–Crippen MR) is 85.3 cm³/mol. The van der Waals surface area contributed by atoms with Crippen molar-refractivity contribution in [3.8, 4) is 5.75 Å². The summed E-state index contributed by atoms with van der Waals surface area (Å²) in [6.07, 6.45) is 0.693. The van der Waals surface area contributed by atoms with Crippen molar-refractivity contribution < 1.29 is 5.11 Å². The maximum atomic E-state index is 10.1. The van der Waals surface area contributed by atoms with Crippen molar-refractivity contribution in [2.75, 3.05) is 18.0 Å². The summed E-state index contributed by atoms with van der Waals surface area (Å²) in [5.41, 5.74) is 8.89. The third-order valence-electron chi connectivity index (χ3n) is 3.11. The number of aromatic hydroxyl groups is 1. The zero-order valence-electron chi connectivity index (χ0n) is 12.0. The minimum Gasteiger partial charge on any atom is -0.508 e. The fourth-order valence-corrected chi connectivity index (χ4v) is 2.12. The lowest BCUT2D eigenvalue weighted by molar-refractivity contribution is 0.461. The molecule has 0 aliphatic rings. The van der Waals surface area contributed by atoms with Crippen LogP contribution in [0.25, 0.3) is 0 Å². The van der Waals surface area contributed by atoms with Crippen LogP contribution in [0.3, 0.4) is 0 Å². The van der Waals surface area contributed by atoms with Crippen molar-refractivity contribution in [1.82, 2.24) is 0 Å². The number of nitrogens with zero attached hydrogens (tertiary/aromatic N) is 1. The first-order valence-electron chi connectivity index (χ1n) is 6.47. The molecular weight excluding hydrogens is 260 g/mol. The van der Waals surface area contributed by atoms with Gasteiger partial charge < -0.3 is 15.7 Å². The van der Waals surface area contributed by atoms with Crippen molar-refractivity contribution in [2.45, 2.75) is 33.2 Å². The molecule has 0 heterocycles. The van der Waals surface area contributed by atoms with Gasteiger partial charge in [0.2, 0.25) is 0 Å². The lowest BCUT2D eigenvalue weighted by atomic mass is 10.00. The predicted octanol–water partition coefficient (Wildman–Crippen LogP) is 3.63. The molecule has 0 saturated carbocycles. The van der Waals surface area contributed by atoms with Crippen molar-refractivity contribution in [2.24, 2.45) is 5.73 Å². The van der Waals surface area contributed by atoms with Gasteiger partial charge in [0.1, 0.15) is 5.75 Å². The zero-order valence-corrected chi connectivity index (χ0v) is 12.8. The van der Waals surface area contributed by atoms with Gasteiger partial charge >= 0.3 is 0 Å². The number of nitrogens with two attached hydrogens (primary N) is 1. The summed E-state index contributed by atoms with van der Waals surface area (Å²) in [4.78, 5) is 2.19. The number of rotatable bonds is 6. The second kappa shape index (κ2) is 8.08. The fraction of sp³-hybridized carbons (Fsp3) is 0.467. The number of halogens is 1. The van der Waals surface area contributed by atoms with Crippen LogP contribution in [0, 0.1) is 0 Å². The number of phenols is 1. The van der Waals surface area contributed by atoms with Gasteiger partial charge in [0, 0.05) is 36.4 Å². The van der Waals surface area contributed by atoms with E-state index in [4.69, 9.17) is 5.73 Å². The second-order valence-electron chi connectivity index (χ2n) is 4.68. The highest BCUT2D eigenvalue weighted by atomic mass is 35.5. The molecule has 0 saturated heterocycles. The lowest BCUT2D eigenvalue weighted by Crippen LogP contribution is -2.21. The number of anilines is 1. The molecule has 3 nitrogen and oxygen atoms in total. The molecule has 0 aliphatic heterocycles. The van der Waals surface area contributed by atoms with Crippen molar-refractivity contribution in [1.29, 1.82) is 0 Å². The summed E-state index contributed by atoms with van der Waals surface area (Å²) < 4.78 is 0. The van der Waals surface area contributed by atoms with Crippen LogP contribution < -0.4 is 10.6 Å². The highest BCUT2D eigenvalue weighted by Crippen LogP contribution is 2.30. The van der Waals surface area contributed by atoms with Gasteiger partial charge in [-0.1, -0.05) is 11.6 Å². The molecule has 1 rings (SSSR count). The van der Waals surface area contributed by atoms with Crippen LogP contribution in [0.5, 0.6) is 5.75 Å². The monoisotopic (exact) mass is 284 g/mol. The zero-order chi connectivity index (χ0) is 13.7. The molecule has 1 atom stereocenters. The minimum atomic E-state index is -0.187. The van der Waals surface area contributed by atoms with E-state index in [1.165, 1.54) is 0 Å². The summed E-state index contributed by atoms with van der Waals surface area (Å²) in [6, 6.07) is 5.53. The molecule has 1 aromatic rings. The quantitative estimate of drug-likeness (QED) is 0.785. The standard InChI is InChI=1S/C15H24N2O.ClH/c1-5-17(6-2)12-7-8-13(15(18)10-12)14(16)9-11(3)4;/h7-8,10,14,18H,3,5-6,9,16H2,1-2,4H3;1H/t14-;/m1./s1. The maximum Gasteiger partial charge on any atom is 0.122 e. The summed E-state index contributed by atoms with van der Waals surface area (Å²) in [5, 5.41) is 10.1. The highest BCUT2D eigenvalue weighted by molar-refractivity contribution is 5.85. The van der Waals surface area contributed by atoms with Gasteiger partial charge in [-0.25, -0.2) is 0 Å². The van der Waals surface area contributed by atoms with E-state index < -0.39 is 0 Å². The molecule has 0 spiro atoms. The maximum absolute atomic E-state index is 10.1. The molecule has 1 aromatic carbocycles. The van der Waals surface area contributed by atoms with Crippen LogP contribution in [0.2, 0.25) is 0 Å². The SMILES string of the molecule is C=C(C)C[C@@H](N)c1ccc(N(CC)CC)cc1O.Cl. The van der Waals surface area contributed by atoms with Crippen LogP contribution in [0.1, 0.15) is 38.8 Å². The van der Waals surface area contributed by atoms with Crippen molar-refractivity contribution in [3.63, 3.8) is 0 Å². The lowest BCUT2D eigenvalue weighted by Gasteiger charge is -2.22. The average Bonchev–Trinajstić information content (AvgIpc) is 2.29. The van der Waals surface area contributed by atoms with E-state index in [-0.39, 0.29) is 24.2 Å². The van der Waals surface area contributed by atoms with E-state index in [0.29, 0.717) is 6.42 Å². The summed E-state index contributed by atoms with van der Waals surface area (Å²) in [6.45, 7) is 11.8. The van der Waals surface area contributed by atoms with E-state index in [0.717, 1.165) is 29.9 Å². The number of hydrogen-bond acceptors (Lipinski definition) is 3. The third-order valence-corrected chi connectivity index (χ3v) is 3.11. The first-order valence-corrected chi connectivity index (χ1v) is 6.47. The topological polar surface area (TPSA) is 49.5 Å². The smallest absolute Gasteiger partial charge is 0.122 e. The van der Waals surface area contributed by atoms with Crippen molar-refractivity contribution >= 4 is 18.1 Å². The molecule has 3 N–H and O–H groups in total.